The molecule has 0 spiro atoms. The Labute approximate surface area is 150 Å². The number of amidine groups is 1. The molecule has 0 saturated carbocycles. The maximum Gasteiger partial charge on any atom is 0.433 e. The molecule has 25 heavy (non-hydrogen) atoms. The summed E-state index contributed by atoms with van der Waals surface area (Å²) in [6.45, 7) is 2.19. The predicted octanol–water partition coefficient (Wildman–Crippen LogP) is 3.86. The van der Waals surface area contributed by atoms with E-state index >= 15 is 0 Å². The highest BCUT2D eigenvalue weighted by Gasteiger charge is 2.29. The Morgan fingerprint density at radius 1 is 1.32 bits per heavy atom. The maximum absolute atomic E-state index is 11.9. The average Bonchev–Trinajstić information content (AvgIpc) is 3.18. The zero-order valence-electron chi connectivity index (χ0n) is 14.1. The zero-order chi connectivity index (χ0) is 18.1. The van der Waals surface area contributed by atoms with Crippen molar-refractivity contribution >= 4 is 34.9 Å². The standard InChI is InChI=1S/C16H22N4O4S/c1-2-3-4-5-6-7-8-13-15(21)18-16(25-13)19-17-11-12-9-10-14(24-12)20(22)23/h9-11,13H,2-8H2,1H3,(H,18,19,21)/b17-11+. The molecule has 1 aliphatic heterocycles. The molecule has 2 heterocycles. The van der Waals surface area contributed by atoms with Gasteiger partial charge in [-0.1, -0.05) is 57.2 Å². The Morgan fingerprint density at radius 2 is 2.08 bits per heavy atom. The second-order valence-electron chi connectivity index (χ2n) is 5.74. The van der Waals surface area contributed by atoms with Gasteiger partial charge in [-0.2, -0.15) is 5.10 Å². The van der Waals surface area contributed by atoms with Crippen molar-refractivity contribution in [3.05, 3.63) is 28.0 Å². The summed E-state index contributed by atoms with van der Waals surface area (Å²) in [5, 5.41) is 21.3. The van der Waals surface area contributed by atoms with Gasteiger partial charge in [0.1, 0.15) is 4.92 Å². The van der Waals surface area contributed by atoms with E-state index in [-0.39, 0.29) is 22.8 Å². The molecule has 0 radical (unpaired) electrons. The van der Waals surface area contributed by atoms with Gasteiger partial charge in [0.05, 0.1) is 17.5 Å². The number of amides is 1. The Hall–Kier alpha value is -2.16. The highest BCUT2D eigenvalue weighted by atomic mass is 32.2. The van der Waals surface area contributed by atoms with Crippen molar-refractivity contribution in [2.75, 3.05) is 0 Å². The van der Waals surface area contributed by atoms with Crippen molar-refractivity contribution in [1.29, 1.82) is 0 Å². The van der Waals surface area contributed by atoms with E-state index < -0.39 is 4.92 Å². The summed E-state index contributed by atoms with van der Waals surface area (Å²) in [5.74, 6) is -0.160. The Morgan fingerprint density at radius 3 is 2.80 bits per heavy atom. The molecule has 1 amide bonds. The third-order valence-electron chi connectivity index (χ3n) is 3.72. The van der Waals surface area contributed by atoms with Crippen molar-refractivity contribution in [2.45, 2.75) is 57.1 Å². The lowest BCUT2D eigenvalue weighted by atomic mass is 10.1. The minimum absolute atomic E-state index is 0.0406. The van der Waals surface area contributed by atoms with Crippen LogP contribution in [0.1, 0.15) is 57.6 Å². The molecule has 2 rings (SSSR count). The fourth-order valence-electron chi connectivity index (χ4n) is 2.40. The number of nitrogens with one attached hydrogen (secondary N) is 1. The van der Waals surface area contributed by atoms with E-state index in [1.54, 1.807) is 0 Å². The first-order valence-electron chi connectivity index (χ1n) is 8.43. The molecule has 1 aromatic rings. The van der Waals surface area contributed by atoms with Gasteiger partial charge >= 0.3 is 5.88 Å². The Kier molecular flexibility index (Phi) is 7.65. The van der Waals surface area contributed by atoms with Crippen molar-refractivity contribution in [3.8, 4) is 0 Å². The monoisotopic (exact) mass is 366 g/mol. The SMILES string of the molecule is CCCCCCCCC1S/C(=N\N=C\c2ccc([N+](=O)[O-])o2)NC1=O. The third-order valence-corrected chi connectivity index (χ3v) is 4.86. The van der Waals surface area contributed by atoms with Gasteiger partial charge in [-0.3, -0.25) is 14.9 Å². The van der Waals surface area contributed by atoms with Gasteiger partial charge < -0.3 is 9.73 Å². The molecule has 8 nitrogen and oxygen atoms in total. The molecule has 0 bridgehead atoms. The van der Waals surface area contributed by atoms with E-state index in [1.165, 1.54) is 55.8 Å². The largest absolute Gasteiger partial charge is 0.433 e. The average molecular weight is 366 g/mol. The molecule has 136 valence electrons. The fourth-order valence-corrected chi connectivity index (χ4v) is 3.37. The fraction of sp³-hybridized carbons (Fsp3) is 0.562. The molecule has 0 aromatic carbocycles. The van der Waals surface area contributed by atoms with E-state index in [2.05, 4.69) is 22.4 Å². The second-order valence-corrected chi connectivity index (χ2v) is 6.93. The molecule has 0 aliphatic carbocycles. The Bertz CT molecular complexity index is 656. The molecule has 1 N–H and O–H groups in total. The van der Waals surface area contributed by atoms with Gasteiger partial charge in [-0.15, -0.1) is 5.10 Å². The zero-order valence-corrected chi connectivity index (χ0v) is 15.0. The van der Waals surface area contributed by atoms with Crippen molar-refractivity contribution in [2.24, 2.45) is 10.2 Å². The van der Waals surface area contributed by atoms with Gasteiger partial charge in [0.25, 0.3) is 0 Å². The van der Waals surface area contributed by atoms with Gasteiger partial charge in [0.15, 0.2) is 10.9 Å². The van der Waals surface area contributed by atoms with Crippen LogP contribution in [0.4, 0.5) is 5.88 Å². The highest BCUT2D eigenvalue weighted by molar-refractivity contribution is 8.15. The van der Waals surface area contributed by atoms with Crippen LogP contribution in [0, 0.1) is 10.1 Å². The van der Waals surface area contributed by atoms with Crippen molar-refractivity contribution < 1.29 is 14.1 Å². The quantitative estimate of drug-likeness (QED) is 0.292. The van der Waals surface area contributed by atoms with E-state index in [0.29, 0.717) is 5.17 Å². The van der Waals surface area contributed by atoms with Crippen molar-refractivity contribution in [1.82, 2.24) is 5.32 Å². The summed E-state index contributed by atoms with van der Waals surface area (Å²) in [6, 6.07) is 2.68. The van der Waals surface area contributed by atoms with Gasteiger partial charge in [0, 0.05) is 0 Å². The smallest absolute Gasteiger partial charge is 0.400 e. The van der Waals surface area contributed by atoms with Gasteiger partial charge in [0.2, 0.25) is 5.91 Å². The summed E-state index contributed by atoms with van der Waals surface area (Å²) >= 11 is 1.37. The molecular weight excluding hydrogens is 344 g/mol. The predicted molar refractivity (Wildman–Crippen MR) is 97.9 cm³/mol. The highest BCUT2D eigenvalue weighted by Crippen LogP contribution is 2.25. The van der Waals surface area contributed by atoms with Crippen LogP contribution in [0.15, 0.2) is 26.8 Å². The third kappa shape index (κ3) is 6.33. The summed E-state index contributed by atoms with van der Waals surface area (Å²) in [4.78, 5) is 21.8. The molecule has 1 atom stereocenters. The topological polar surface area (TPSA) is 110 Å². The molecule has 1 unspecified atom stereocenters. The molecule has 1 aromatic heterocycles. The summed E-state index contributed by atoms with van der Waals surface area (Å²) < 4.78 is 4.93. The number of carbonyl (C=O) groups excluding carboxylic acids is 1. The number of hydrogen-bond acceptors (Lipinski definition) is 7. The van der Waals surface area contributed by atoms with E-state index in [9.17, 15) is 14.9 Å². The number of carbonyl (C=O) groups is 1. The van der Waals surface area contributed by atoms with Crippen LogP contribution in [-0.2, 0) is 4.79 Å². The van der Waals surface area contributed by atoms with E-state index in [1.807, 2.05) is 0 Å². The number of nitrogens with zero attached hydrogens (tertiary/aromatic N) is 3. The lowest BCUT2D eigenvalue weighted by molar-refractivity contribution is -0.402. The van der Waals surface area contributed by atoms with E-state index in [0.717, 1.165) is 19.3 Å². The molecular formula is C16H22N4O4S. The van der Waals surface area contributed by atoms with Crippen LogP contribution in [0.2, 0.25) is 0 Å². The first-order valence-corrected chi connectivity index (χ1v) is 9.31. The number of hydrogen-bond donors (Lipinski definition) is 1. The molecule has 1 aliphatic rings. The first kappa shape index (κ1) is 19.2. The molecule has 1 saturated heterocycles. The first-order chi connectivity index (χ1) is 12.1. The number of unbranched alkanes of at least 4 members (excludes halogenated alkanes) is 5. The van der Waals surface area contributed by atoms with Crippen LogP contribution in [-0.4, -0.2) is 27.5 Å². The maximum atomic E-state index is 11.9. The van der Waals surface area contributed by atoms with Crippen molar-refractivity contribution in [3.63, 3.8) is 0 Å². The van der Waals surface area contributed by atoms with Gasteiger partial charge in [-0.25, -0.2) is 0 Å². The van der Waals surface area contributed by atoms with Crippen LogP contribution in [0.5, 0.6) is 0 Å². The normalized spacial score (nSPS) is 19.0. The molecule has 9 heteroatoms. The number of rotatable bonds is 10. The van der Waals surface area contributed by atoms with Crippen LogP contribution in [0.25, 0.3) is 0 Å². The lowest BCUT2D eigenvalue weighted by Crippen LogP contribution is -2.24. The summed E-state index contributed by atoms with van der Waals surface area (Å²) in [6.07, 6.45) is 9.25. The number of nitro groups is 1. The summed E-state index contributed by atoms with van der Waals surface area (Å²) in [7, 11) is 0. The lowest BCUT2D eigenvalue weighted by Gasteiger charge is -2.04. The van der Waals surface area contributed by atoms with E-state index in [4.69, 9.17) is 4.42 Å². The minimum atomic E-state index is -0.622. The minimum Gasteiger partial charge on any atom is -0.400 e. The number of furan rings is 1. The van der Waals surface area contributed by atoms with Crippen LogP contribution in [0.3, 0.4) is 0 Å². The van der Waals surface area contributed by atoms with Gasteiger partial charge in [-0.05, 0) is 12.5 Å². The summed E-state index contributed by atoms with van der Waals surface area (Å²) in [5.41, 5.74) is 0. The molecule has 1 fully saturated rings. The Balaban J connectivity index is 1.75. The van der Waals surface area contributed by atoms with Crippen LogP contribution >= 0.6 is 11.8 Å². The van der Waals surface area contributed by atoms with Crippen LogP contribution < -0.4 is 5.32 Å². The number of thioether (sulfide) groups is 1. The second kappa shape index (κ2) is 9.97.